The molecule has 0 saturated heterocycles. The molecule has 3 N–H and O–H groups in total. The molecule has 0 amide bonds. The molecule has 0 heterocycles. The molecule has 0 fully saturated rings. The van der Waals surface area contributed by atoms with Gasteiger partial charge in [-0.1, -0.05) is 49.0 Å². The third-order valence-corrected chi connectivity index (χ3v) is 5.02. The molecule has 7 heteroatoms. The zero-order valence-corrected chi connectivity index (χ0v) is 13.7. The van der Waals surface area contributed by atoms with E-state index in [9.17, 15) is 8.42 Å². The average molecular weight is 339 g/mol. The fourth-order valence-corrected chi connectivity index (χ4v) is 3.56. The fourth-order valence-electron chi connectivity index (χ4n) is 1.82. The average Bonchev–Trinajstić information content (AvgIpc) is 2.38. The van der Waals surface area contributed by atoms with Gasteiger partial charge < -0.3 is 5.73 Å². The molecular weight excluding hydrogens is 319 g/mol. The maximum absolute atomic E-state index is 12.1. The lowest BCUT2D eigenvalue weighted by Gasteiger charge is -2.16. The molecule has 1 atom stereocenters. The lowest BCUT2D eigenvalue weighted by Crippen LogP contribution is -2.40. The van der Waals surface area contributed by atoms with Crippen LogP contribution in [-0.2, 0) is 15.8 Å². The second-order valence-corrected chi connectivity index (χ2v) is 7.27. The van der Waals surface area contributed by atoms with Gasteiger partial charge in [0.2, 0.25) is 10.0 Å². The lowest BCUT2D eigenvalue weighted by atomic mass is 10.1. The first-order chi connectivity index (χ1) is 9.38. The van der Waals surface area contributed by atoms with Crippen LogP contribution in [0.3, 0.4) is 0 Å². The summed E-state index contributed by atoms with van der Waals surface area (Å²) in [6, 6.07) is 4.58. The molecule has 0 saturated carbocycles. The van der Waals surface area contributed by atoms with E-state index in [4.69, 9.17) is 28.9 Å². The summed E-state index contributed by atoms with van der Waals surface area (Å²) in [5.41, 5.74) is 6.19. The minimum absolute atomic E-state index is 0.132. The number of unbranched alkanes of at least 4 members (excludes halogenated alkanes) is 1. The Morgan fingerprint density at radius 3 is 2.55 bits per heavy atom. The van der Waals surface area contributed by atoms with Crippen LogP contribution in [0.15, 0.2) is 18.2 Å². The maximum Gasteiger partial charge on any atom is 0.216 e. The summed E-state index contributed by atoms with van der Waals surface area (Å²) in [5.74, 6) is -0.132. The van der Waals surface area contributed by atoms with Gasteiger partial charge in [0, 0.05) is 12.6 Å². The third kappa shape index (κ3) is 5.97. The Balaban J connectivity index is 2.70. The Bertz CT molecular complexity index is 535. The Morgan fingerprint density at radius 2 is 2.00 bits per heavy atom. The summed E-state index contributed by atoms with van der Waals surface area (Å²) in [6.07, 6.45) is 2.69. The molecule has 0 bridgehead atoms. The van der Waals surface area contributed by atoms with Gasteiger partial charge in [0.15, 0.2) is 0 Å². The maximum atomic E-state index is 12.1. The number of sulfonamides is 1. The van der Waals surface area contributed by atoms with Crippen LogP contribution in [0.2, 0.25) is 10.0 Å². The predicted octanol–water partition coefficient (Wildman–Crippen LogP) is 2.93. The van der Waals surface area contributed by atoms with Crippen molar-refractivity contribution in [3.63, 3.8) is 0 Å². The molecule has 1 rings (SSSR count). The number of hydrogen-bond acceptors (Lipinski definition) is 3. The van der Waals surface area contributed by atoms with E-state index >= 15 is 0 Å². The predicted molar refractivity (Wildman–Crippen MR) is 84.6 cm³/mol. The van der Waals surface area contributed by atoms with Gasteiger partial charge in [-0.15, -0.1) is 0 Å². The monoisotopic (exact) mass is 338 g/mol. The molecule has 1 aromatic carbocycles. The lowest BCUT2D eigenvalue weighted by molar-refractivity contribution is 0.516. The highest BCUT2D eigenvalue weighted by atomic mass is 35.5. The molecule has 114 valence electrons. The van der Waals surface area contributed by atoms with Crippen molar-refractivity contribution in [2.24, 2.45) is 5.73 Å². The van der Waals surface area contributed by atoms with E-state index in [-0.39, 0.29) is 11.8 Å². The van der Waals surface area contributed by atoms with E-state index in [0.717, 1.165) is 19.3 Å². The number of benzene rings is 1. The van der Waals surface area contributed by atoms with Gasteiger partial charge in [-0.05, 0) is 24.1 Å². The fraction of sp³-hybridized carbons (Fsp3) is 0.538. The molecule has 0 aromatic heterocycles. The minimum atomic E-state index is -3.44. The van der Waals surface area contributed by atoms with Gasteiger partial charge in [-0.2, -0.15) is 0 Å². The molecule has 1 unspecified atom stereocenters. The van der Waals surface area contributed by atoms with Gasteiger partial charge in [0.1, 0.15) is 0 Å². The Labute approximate surface area is 130 Å². The van der Waals surface area contributed by atoms with Crippen LogP contribution in [-0.4, -0.2) is 21.0 Å². The molecule has 0 spiro atoms. The van der Waals surface area contributed by atoms with Gasteiger partial charge in [-0.25, -0.2) is 13.1 Å². The van der Waals surface area contributed by atoms with Crippen LogP contribution >= 0.6 is 23.2 Å². The normalized spacial score (nSPS) is 13.4. The van der Waals surface area contributed by atoms with Gasteiger partial charge >= 0.3 is 0 Å². The van der Waals surface area contributed by atoms with Crippen molar-refractivity contribution in [2.75, 3.05) is 6.54 Å². The molecule has 0 aliphatic carbocycles. The van der Waals surface area contributed by atoms with E-state index in [1.54, 1.807) is 18.2 Å². The van der Waals surface area contributed by atoms with Crippen molar-refractivity contribution >= 4 is 33.2 Å². The number of halogens is 2. The number of rotatable bonds is 8. The van der Waals surface area contributed by atoms with Gasteiger partial charge in [0.25, 0.3) is 0 Å². The van der Waals surface area contributed by atoms with Crippen LogP contribution in [0, 0.1) is 0 Å². The molecule has 0 aliphatic heterocycles. The van der Waals surface area contributed by atoms with Crippen LogP contribution in [0.1, 0.15) is 31.7 Å². The van der Waals surface area contributed by atoms with Crippen molar-refractivity contribution in [1.82, 2.24) is 4.72 Å². The number of hydrogen-bond donors (Lipinski definition) is 2. The Kier molecular flexibility index (Phi) is 7.26. The topological polar surface area (TPSA) is 72.2 Å². The number of nitrogens with two attached hydrogens (primary N) is 1. The highest BCUT2D eigenvalue weighted by molar-refractivity contribution is 7.88. The second-order valence-electron chi connectivity index (χ2n) is 4.70. The summed E-state index contributed by atoms with van der Waals surface area (Å²) in [5, 5.41) is 0.754. The summed E-state index contributed by atoms with van der Waals surface area (Å²) in [6.45, 7) is 2.35. The Hall–Kier alpha value is -0.330. The van der Waals surface area contributed by atoms with Gasteiger partial charge in [0.05, 0.1) is 15.8 Å². The zero-order valence-electron chi connectivity index (χ0n) is 11.4. The van der Waals surface area contributed by atoms with E-state index in [2.05, 4.69) is 11.6 Å². The van der Waals surface area contributed by atoms with Crippen LogP contribution < -0.4 is 10.5 Å². The van der Waals surface area contributed by atoms with Crippen LogP contribution in [0.5, 0.6) is 0 Å². The largest absolute Gasteiger partial charge is 0.329 e. The standard InChI is InChI=1S/C13H20Cl2N2O2S/c1-2-3-4-11(8-16)17-20(18,19)9-10-5-6-12(14)13(15)7-10/h5-7,11,17H,2-4,8-9,16H2,1H3. The second kappa shape index (κ2) is 8.20. The first-order valence-corrected chi connectivity index (χ1v) is 8.92. The number of nitrogens with one attached hydrogen (secondary N) is 1. The molecule has 20 heavy (non-hydrogen) atoms. The van der Waals surface area contributed by atoms with Crippen LogP contribution in [0.25, 0.3) is 0 Å². The summed E-state index contributed by atoms with van der Waals surface area (Å²) in [4.78, 5) is 0. The van der Waals surface area contributed by atoms with Crippen molar-refractivity contribution < 1.29 is 8.42 Å². The molecule has 0 aliphatic rings. The zero-order chi connectivity index (χ0) is 15.2. The van der Waals surface area contributed by atoms with E-state index < -0.39 is 10.0 Å². The molecular formula is C13H20Cl2N2O2S. The summed E-state index contributed by atoms with van der Waals surface area (Å²) in [7, 11) is -3.44. The first-order valence-electron chi connectivity index (χ1n) is 6.52. The smallest absolute Gasteiger partial charge is 0.216 e. The van der Waals surface area contributed by atoms with Crippen molar-refractivity contribution in [3.8, 4) is 0 Å². The minimum Gasteiger partial charge on any atom is -0.329 e. The Morgan fingerprint density at radius 1 is 1.30 bits per heavy atom. The first kappa shape index (κ1) is 17.7. The molecule has 1 aromatic rings. The highest BCUT2D eigenvalue weighted by Gasteiger charge is 2.17. The summed E-state index contributed by atoms with van der Waals surface area (Å²) < 4.78 is 26.8. The van der Waals surface area contributed by atoms with Crippen molar-refractivity contribution in [2.45, 2.75) is 38.0 Å². The molecule has 4 nitrogen and oxygen atoms in total. The third-order valence-electron chi connectivity index (χ3n) is 2.88. The van der Waals surface area contributed by atoms with E-state index in [0.29, 0.717) is 22.2 Å². The van der Waals surface area contributed by atoms with Crippen LogP contribution in [0.4, 0.5) is 0 Å². The van der Waals surface area contributed by atoms with Gasteiger partial charge in [-0.3, -0.25) is 0 Å². The van der Waals surface area contributed by atoms with Crippen molar-refractivity contribution in [3.05, 3.63) is 33.8 Å². The molecule has 0 radical (unpaired) electrons. The summed E-state index contributed by atoms with van der Waals surface area (Å²) >= 11 is 11.7. The van der Waals surface area contributed by atoms with E-state index in [1.807, 2.05) is 0 Å². The SMILES string of the molecule is CCCCC(CN)NS(=O)(=O)Cc1ccc(Cl)c(Cl)c1. The quantitative estimate of drug-likeness (QED) is 0.765. The van der Waals surface area contributed by atoms with Crippen molar-refractivity contribution in [1.29, 1.82) is 0 Å². The van der Waals surface area contributed by atoms with E-state index in [1.165, 1.54) is 0 Å². The highest BCUT2D eigenvalue weighted by Crippen LogP contribution is 2.23.